The number of likely N-dealkylation sites (tertiary alicyclic amines) is 1. The first-order valence-electron chi connectivity index (χ1n) is 11.8. The lowest BCUT2D eigenvalue weighted by molar-refractivity contribution is -0.242. The van der Waals surface area contributed by atoms with Gasteiger partial charge in [0.25, 0.3) is 5.91 Å². The van der Waals surface area contributed by atoms with Crippen LogP contribution in [0.15, 0.2) is 42.3 Å². The number of rotatable bonds is 6. The number of hydrogen-bond acceptors (Lipinski definition) is 6. The molecule has 0 aromatic heterocycles. The van der Waals surface area contributed by atoms with Crippen molar-refractivity contribution >= 4 is 5.91 Å². The van der Waals surface area contributed by atoms with Gasteiger partial charge in [0.15, 0.2) is 5.76 Å². The molecule has 188 valence electrons. The summed E-state index contributed by atoms with van der Waals surface area (Å²) < 4.78 is 37.1. The van der Waals surface area contributed by atoms with E-state index in [9.17, 15) is 9.90 Å². The monoisotopic (exact) mass is 479 g/mol. The molecule has 2 heterocycles. The summed E-state index contributed by atoms with van der Waals surface area (Å²) in [6.45, 7) is 7.78. The number of para-hydroxylation sites is 1. The number of aliphatic hydroxyl groups is 1. The number of amides is 1. The Bertz CT molecular complexity index is 919. The highest BCUT2D eigenvalue weighted by molar-refractivity contribution is 5.85. The first-order valence-corrected chi connectivity index (χ1v) is 11.8. The van der Waals surface area contributed by atoms with Crippen molar-refractivity contribution in [3.8, 4) is 5.75 Å². The number of hydrazine groups is 1. The lowest BCUT2D eigenvalue weighted by atomic mass is 9.58. The Balaban J connectivity index is 1.43. The zero-order valence-electron chi connectivity index (χ0n) is 20.3. The minimum absolute atomic E-state index is 0.137. The van der Waals surface area contributed by atoms with E-state index in [4.69, 9.17) is 9.57 Å². The number of carbonyl (C=O) groups is 1. The topological polar surface area (TPSA) is 74.3 Å². The van der Waals surface area contributed by atoms with E-state index in [0.29, 0.717) is 30.8 Å². The quantitative estimate of drug-likeness (QED) is 0.637. The van der Waals surface area contributed by atoms with Crippen LogP contribution < -0.4 is 10.2 Å². The molecule has 1 saturated carbocycles. The molecular formula is C25H35F2N3O4. The molecule has 1 aromatic rings. The SMILES string of the molecule is CC1(C)CC(C)(C)CC(O)(C(F)(F)C(=O)N2CCC[C@@H]2N2NC=C(COc3ccccc3)O2)C1. The predicted octanol–water partition coefficient (Wildman–Crippen LogP) is 4.21. The van der Waals surface area contributed by atoms with Gasteiger partial charge in [0.05, 0.1) is 6.20 Å². The molecule has 3 aliphatic rings. The third-order valence-corrected chi connectivity index (χ3v) is 6.80. The molecule has 2 N–H and O–H groups in total. The number of benzene rings is 1. The van der Waals surface area contributed by atoms with Crippen LogP contribution in [0.1, 0.15) is 59.8 Å². The van der Waals surface area contributed by atoms with Crippen molar-refractivity contribution in [2.45, 2.75) is 77.5 Å². The van der Waals surface area contributed by atoms with E-state index in [1.807, 2.05) is 58.0 Å². The molecule has 0 spiro atoms. The Morgan fingerprint density at radius 1 is 1.18 bits per heavy atom. The van der Waals surface area contributed by atoms with Crippen LogP contribution in [-0.2, 0) is 9.63 Å². The second kappa shape index (κ2) is 8.68. The summed E-state index contributed by atoms with van der Waals surface area (Å²) in [5.74, 6) is -4.14. The van der Waals surface area contributed by atoms with E-state index in [1.54, 1.807) is 6.20 Å². The number of ether oxygens (including phenoxy) is 1. The number of halogens is 2. The van der Waals surface area contributed by atoms with Crippen LogP contribution >= 0.6 is 0 Å². The fraction of sp³-hybridized carbons (Fsp3) is 0.640. The maximum Gasteiger partial charge on any atom is 0.352 e. The third-order valence-electron chi connectivity index (χ3n) is 6.80. The Morgan fingerprint density at radius 2 is 1.82 bits per heavy atom. The van der Waals surface area contributed by atoms with Gasteiger partial charge in [-0.3, -0.25) is 10.2 Å². The predicted molar refractivity (Wildman–Crippen MR) is 122 cm³/mol. The van der Waals surface area contributed by atoms with Crippen LogP contribution in [0.5, 0.6) is 5.75 Å². The average Bonchev–Trinajstić information content (AvgIpc) is 3.39. The molecule has 0 radical (unpaired) electrons. The van der Waals surface area contributed by atoms with E-state index >= 15 is 8.78 Å². The fourth-order valence-corrected chi connectivity index (χ4v) is 6.10. The highest BCUT2D eigenvalue weighted by atomic mass is 19.3. The molecule has 9 heteroatoms. The summed E-state index contributed by atoms with van der Waals surface area (Å²) in [6, 6.07) is 9.23. The summed E-state index contributed by atoms with van der Waals surface area (Å²) in [4.78, 5) is 20.1. The minimum atomic E-state index is -3.92. The highest BCUT2D eigenvalue weighted by Crippen LogP contribution is 2.55. The fourth-order valence-electron chi connectivity index (χ4n) is 6.10. The summed E-state index contributed by atoms with van der Waals surface area (Å²) in [5.41, 5.74) is -0.528. The van der Waals surface area contributed by atoms with Gasteiger partial charge >= 0.3 is 5.92 Å². The molecule has 1 amide bonds. The molecule has 0 unspecified atom stereocenters. The normalized spacial score (nSPS) is 25.9. The first kappa shape index (κ1) is 24.7. The molecule has 1 aromatic carbocycles. The van der Waals surface area contributed by atoms with Gasteiger partial charge < -0.3 is 19.6 Å². The molecule has 1 atom stereocenters. The lowest BCUT2D eigenvalue weighted by Gasteiger charge is -2.52. The van der Waals surface area contributed by atoms with E-state index < -0.39 is 34.4 Å². The minimum Gasteiger partial charge on any atom is -0.486 e. The molecule has 1 aliphatic carbocycles. The number of hydroxylamine groups is 1. The number of carbonyl (C=O) groups excluding carboxylic acids is 1. The average molecular weight is 480 g/mol. The van der Waals surface area contributed by atoms with Crippen molar-refractivity contribution in [2.75, 3.05) is 13.2 Å². The van der Waals surface area contributed by atoms with Gasteiger partial charge in [0.1, 0.15) is 24.1 Å². The van der Waals surface area contributed by atoms with Gasteiger partial charge in [-0.1, -0.05) is 45.9 Å². The Kier molecular flexibility index (Phi) is 6.31. The van der Waals surface area contributed by atoms with Gasteiger partial charge in [0.2, 0.25) is 0 Å². The van der Waals surface area contributed by atoms with Gasteiger partial charge in [-0.15, -0.1) is 0 Å². The van der Waals surface area contributed by atoms with Crippen molar-refractivity contribution in [3.63, 3.8) is 0 Å². The van der Waals surface area contributed by atoms with Crippen LogP contribution in [0.4, 0.5) is 8.78 Å². The number of nitrogens with one attached hydrogen (secondary N) is 1. The molecule has 2 fully saturated rings. The van der Waals surface area contributed by atoms with Crippen molar-refractivity contribution in [3.05, 3.63) is 42.3 Å². The zero-order chi connectivity index (χ0) is 24.8. The van der Waals surface area contributed by atoms with Gasteiger partial charge in [-0.25, -0.2) is 0 Å². The maximum atomic E-state index is 15.7. The third kappa shape index (κ3) is 4.86. The highest BCUT2D eigenvalue weighted by Gasteiger charge is 2.65. The van der Waals surface area contributed by atoms with Crippen LogP contribution in [0.2, 0.25) is 0 Å². The first-order chi connectivity index (χ1) is 15.8. The summed E-state index contributed by atoms with van der Waals surface area (Å²) in [7, 11) is 0. The van der Waals surface area contributed by atoms with Crippen LogP contribution in [0.3, 0.4) is 0 Å². The molecule has 7 nitrogen and oxygen atoms in total. The van der Waals surface area contributed by atoms with Crippen molar-refractivity contribution in [1.82, 2.24) is 15.5 Å². The standard InChI is InChI=1S/C25H35F2N3O4/c1-22(2)15-23(3,4)17-24(32,16-22)25(26,27)21(31)29-12-8-11-20(29)30-28-13-19(34-30)14-33-18-9-6-5-7-10-18/h5-7,9-10,13,20,28,32H,8,11-12,14-17H2,1-4H3/t20-/m0/s1. The molecule has 0 bridgehead atoms. The van der Waals surface area contributed by atoms with E-state index in [-0.39, 0.29) is 26.0 Å². The second-order valence-electron chi connectivity index (χ2n) is 11.3. The maximum absolute atomic E-state index is 15.7. The molecule has 1 saturated heterocycles. The zero-order valence-corrected chi connectivity index (χ0v) is 20.3. The Morgan fingerprint density at radius 3 is 2.47 bits per heavy atom. The van der Waals surface area contributed by atoms with E-state index in [1.165, 1.54) is 5.17 Å². The summed E-state index contributed by atoms with van der Waals surface area (Å²) >= 11 is 0. The Labute approximate surface area is 199 Å². The molecule has 4 rings (SSSR count). The molecule has 34 heavy (non-hydrogen) atoms. The number of alkyl halides is 2. The van der Waals surface area contributed by atoms with Gasteiger partial charge in [-0.05, 0) is 60.2 Å². The Hall–Kier alpha value is -2.39. The summed E-state index contributed by atoms with van der Waals surface area (Å²) in [5, 5.41) is 12.5. The van der Waals surface area contributed by atoms with E-state index in [2.05, 4.69) is 5.43 Å². The summed E-state index contributed by atoms with van der Waals surface area (Å²) in [6.07, 6.45) is 2.30. The number of hydrogen-bond donors (Lipinski definition) is 2. The smallest absolute Gasteiger partial charge is 0.352 e. The van der Waals surface area contributed by atoms with Crippen LogP contribution in [0.25, 0.3) is 0 Å². The second-order valence-corrected chi connectivity index (χ2v) is 11.3. The van der Waals surface area contributed by atoms with Crippen LogP contribution in [-0.4, -0.2) is 51.9 Å². The number of nitrogens with zero attached hydrogens (tertiary/aromatic N) is 2. The van der Waals surface area contributed by atoms with Crippen molar-refractivity contribution in [2.24, 2.45) is 10.8 Å². The van der Waals surface area contributed by atoms with E-state index in [0.717, 1.165) is 4.90 Å². The lowest BCUT2D eigenvalue weighted by Crippen LogP contribution is -2.64. The molecular weight excluding hydrogens is 444 g/mol. The van der Waals surface area contributed by atoms with Crippen molar-refractivity contribution in [1.29, 1.82) is 0 Å². The largest absolute Gasteiger partial charge is 0.486 e. The molecule has 2 aliphatic heterocycles. The van der Waals surface area contributed by atoms with Crippen molar-refractivity contribution < 1.29 is 28.3 Å². The van der Waals surface area contributed by atoms with Gasteiger partial charge in [0, 0.05) is 6.54 Å². The van der Waals surface area contributed by atoms with Crippen LogP contribution in [0, 0.1) is 10.8 Å². The van der Waals surface area contributed by atoms with Gasteiger partial charge in [-0.2, -0.15) is 8.78 Å².